The summed E-state index contributed by atoms with van der Waals surface area (Å²) in [6.45, 7) is 0. The maximum atomic E-state index is 12.4. The van der Waals surface area contributed by atoms with E-state index in [4.69, 9.17) is 15.3 Å². The first-order valence-electron chi connectivity index (χ1n) is 2.74. The van der Waals surface area contributed by atoms with Gasteiger partial charge < -0.3 is 15.3 Å². The lowest BCUT2D eigenvalue weighted by Crippen LogP contribution is -1.90. The van der Waals surface area contributed by atoms with Crippen LogP contribution < -0.4 is 0 Å². The first-order valence-corrected chi connectivity index (χ1v) is 2.74. The number of benzene rings is 1. The SMILES string of the molecule is Oc1c(O)c(F)c(F)c(O)c1F. The number of phenols is 3. The summed E-state index contributed by atoms with van der Waals surface area (Å²) in [7, 11) is 0. The average molecular weight is 180 g/mol. The highest BCUT2D eigenvalue weighted by atomic mass is 19.2. The molecule has 1 aromatic carbocycles. The molecule has 0 aliphatic heterocycles. The van der Waals surface area contributed by atoms with Gasteiger partial charge in [-0.25, -0.2) is 0 Å². The monoisotopic (exact) mass is 180 g/mol. The van der Waals surface area contributed by atoms with E-state index in [9.17, 15) is 13.2 Å². The summed E-state index contributed by atoms with van der Waals surface area (Å²) in [4.78, 5) is 0. The molecule has 1 aromatic rings. The first kappa shape index (κ1) is 8.51. The van der Waals surface area contributed by atoms with Gasteiger partial charge in [0.05, 0.1) is 0 Å². The van der Waals surface area contributed by atoms with Crippen molar-refractivity contribution < 1.29 is 28.5 Å². The Morgan fingerprint density at radius 3 is 1.42 bits per heavy atom. The van der Waals surface area contributed by atoms with Crippen LogP contribution in [0.3, 0.4) is 0 Å². The second-order valence-corrected chi connectivity index (χ2v) is 1.99. The Kier molecular flexibility index (Phi) is 1.75. The highest BCUT2D eigenvalue weighted by Gasteiger charge is 2.23. The van der Waals surface area contributed by atoms with Crippen molar-refractivity contribution in [1.29, 1.82) is 0 Å². The molecule has 0 spiro atoms. The summed E-state index contributed by atoms with van der Waals surface area (Å²) in [5.74, 6) is -10.4. The van der Waals surface area contributed by atoms with Gasteiger partial charge in [-0.05, 0) is 0 Å². The lowest BCUT2D eigenvalue weighted by molar-refractivity contribution is 0.313. The Balaban J connectivity index is 3.60. The van der Waals surface area contributed by atoms with E-state index < -0.39 is 34.7 Å². The van der Waals surface area contributed by atoms with Gasteiger partial charge in [0.1, 0.15) is 0 Å². The van der Waals surface area contributed by atoms with E-state index >= 15 is 0 Å². The van der Waals surface area contributed by atoms with E-state index in [2.05, 4.69) is 0 Å². The van der Waals surface area contributed by atoms with E-state index in [1.54, 1.807) is 0 Å². The van der Waals surface area contributed by atoms with E-state index in [0.717, 1.165) is 0 Å². The van der Waals surface area contributed by atoms with Crippen LogP contribution in [0.15, 0.2) is 0 Å². The molecule has 0 aromatic heterocycles. The summed E-state index contributed by atoms with van der Waals surface area (Å²) in [6.07, 6.45) is 0. The van der Waals surface area contributed by atoms with Crippen LogP contribution in [0.1, 0.15) is 0 Å². The Labute approximate surface area is 64.3 Å². The van der Waals surface area contributed by atoms with Gasteiger partial charge in [0.25, 0.3) is 0 Å². The van der Waals surface area contributed by atoms with Gasteiger partial charge >= 0.3 is 0 Å². The molecule has 0 radical (unpaired) electrons. The molecule has 0 aliphatic carbocycles. The molecule has 0 atom stereocenters. The average Bonchev–Trinajstić information content (AvgIpc) is 2.08. The summed E-state index contributed by atoms with van der Waals surface area (Å²) in [5.41, 5.74) is 0. The minimum absolute atomic E-state index is 1.52. The predicted molar refractivity (Wildman–Crippen MR) is 31.3 cm³/mol. The van der Waals surface area contributed by atoms with Crippen LogP contribution in [0.25, 0.3) is 0 Å². The third-order valence-corrected chi connectivity index (χ3v) is 1.25. The van der Waals surface area contributed by atoms with Gasteiger partial charge in [-0.3, -0.25) is 0 Å². The van der Waals surface area contributed by atoms with Gasteiger partial charge in [-0.15, -0.1) is 0 Å². The van der Waals surface area contributed by atoms with Crippen molar-refractivity contribution in [2.75, 3.05) is 0 Å². The second kappa shape index (κ2) is 2.47. The Hall–Kier alpha value is -1.59. The van der Waals surface area contributed by atoms with Crippen molar-refractivity contribution in [2.24, 2.45) is 0 Å². The summed E-state index contributed by atoms with van der Waals surface area (Å²) < 4.78 is 37.0. The van der Waals surface area contributed by atoms with E-state index in [1.165, 1.54) is 0 Å². The van der Waals surface area contributed by atoms with Crippen molar-refractivity contribution in [3.8, 4) is 17.2 Å². The minimum Gasteiger partial charge on any atom is -0.503 e. The van der Waals surface area contributed by atoms with Gasteiger partial charge in [-0.1, -0.05) is 0 Å². The number of aromatic hydroxyl groups is 3. The molecule has 3 nitrogen and oxygen atoms in total. The van der Waals surface area contributed by atoms with Gasteiger partial charge in [-0.2, -0.15) is 13.2 Å². The zero-order valence-corrected chi connectivity index (χ0v) is 5.48. The topological polar surface area (TPSA) is 60.7 Å². The fraction of sp³-hybridized carbons (Fsp3) is 0. The zero-order chi connectivity index (χ0) is 9.46. The molecule has 0 saturated heterocycles. The Morgan fingerprint density at radius 2 is 0.917 bits per heavy atom. The van der Waals surface area contributed by atoms with Crippen LogP contribution in [0, 0.1) is 17.5 Å². The molecular weight excluding hydrogens is 177 g/mol. The predicted octanol–water partition coefficient (Wildman–Crippen LogP) is 1.22. The molecule has 3 N–H and O–H groups in total. The summed E-state index contributed by atoms with van der Waals surface area (Å²) in [6, 6.07) is 0. The standard InChI is InChI=1S/C6H3F3O3/c7-1-2(8)5(11)6(12)3(9)4(1)10/h10-12H. The molecule has 0 aliphatic rings. The van der Waals surface area contributed by atoms with Crippen molar-refractivity contribution in [1.82, 2.24) is 0 Å². The molecule has 66 valence electrons. The van der Waals surface area contributed by atoms with Crippen molar-refractivity contribution >= 4 is 0 Å². The number of phenolic OH excluding ortho intramolecular Hbond substituents is 3. The van der Waals surface area contributed by atoms with Crippen LogP contribution in [0.2, 0.25) is 0 Å². The third kappa shape index (κ3) is 0.919. The van der Waals surface area contributed by atoms with Crippen LogP contribution in [0.4, 0.5) is 13.2 Å². The number of hydrogen-bond acceptors (Lipinski definition) is 3. The molecule has 0 fully saturated rings. The molecule has 0 amide bonds. The minimum atomic E-state index is -1.94. The van der Waals surface area contributed by atoms with E-state index in [-0.39, 0.29) is 0 Å². The van der Waals surface area contributed by atoms with Gasteiger partial charge in [0, 0.05) is 0 Å². The fourth-order valence-electron chi connectivity index (χ4n) is 0.624. The van der Waals surface area contributed by atoms with E-state index in [1.807, 2.05) is 0 Å². The second-order valence-electron chi connectivity index (χ2n) is 1.99. The number of halogens is 3. The number of rotatable bonds is 0. The normalized spacial score (nSPS) is 10.2. The quantitative estimate of drug-likeness (QED) is 0.319. The smallest absolute Gasteiger partial charge is 0.213 e. The Bertz CT molecular complexity index is 232. The van der Waals surface area contributed by atoms with Crippen LogP contribution in [-0.4, -0.2) is 15.3 Å². The van der Waals surface area contributed by atoms with Gasteiger partial charge in [0.15, 0.2) is 5.75 Å². The van der Waals surface area contributed by atoms with Crippen molar-refractivity contribution in [2.45, 2.75) is 0 Å². The lowest BCUT2D eigenvalue weighted by Gasteiger charge is -2.03. The van der Waals surface area contributed by atoms with E-state index in [0.29, 0.717) is 0 Å². The Morgan fingerprint density at radius 1 is 0.583 bits per heavy atom. The van der Waals surface area contributed by atoms with Crippen molar-refractivity contribution in [3.05, 3.63) is 17.5 Å². The largest absolute Gasteiger partial charge is 0.503 e. The first-order chi connectivity index (χ1) is 5.46. The molecule has 0 unspecified atom stereocenters. The molecular formula is C6H3F3O3. The highest BCUT2D eigenvalue weighted by Crippen LogP contribution is 2.38. The summed E-state index contributed by atoms with van der Waals surface area (Å²) >= 11 is 0. The van der Waals surface area contributed by atoms with Gasteiger partial charge in [0.2, 0.25) is 29.0 Å². The molecule has 12 heavy (non-hydrogen) atoms. The zero-order valence-electron chi connectivity index (χ0n) is 5.48. The molecule has 6 heteroatoms. The lowest BCUT2D eigenvalue weighted by atomic mass is 10.2. The maximum Gasteiger partial charge on any atom is 0.213 e. The van der Waals surface area contributed by atoms with Crippen LogP contribution >= 0.6 is 0 Å². The van der Waals surface area contributed by atoms with Crippen LogP contribution in [-0.2, 0) is 0 Å². The molecule has 0 heterocycles. The van der Waals surface area contributed by atoms with Crippen LogP contribution in [0.5, 0.6) is 17.2 Å². The fourth-order valence-corrected chi connectivity index (χ4v) is 0.624. The molecule has 1 rings (SSSR count). The highest BCUT2D eigenvalue weighted by molar-refractivity contribution is 5.46. The van der Waals surface area contributed by atoms with Crippen molar-refractivity contribution in [3.63, 3.8) is 0 Å². The number of hydrogen-bond donors (Lipinski definition) is 3. The summed E-state index contributed by atoms with van der Waals surface area (Å²) in [5, 5.41) is 25.4. The third-order valence-electron chi connectivity index (χ3n) is 1.25. The molecule has 0 bridgehead atoms. The molecule has 0 saturated carbocycles. The maximum absolute atomic E-state index is 12.4.